The largest absolute Gasteiger partial charge is 0.507 e. The van der Waals surface area contributed by atoms with E-state index in [-0.39, 0.29) is 16.5 Å². The summed E-state index contributed by atoms with van der Waals surface area (Å²) in [5, 5.41) is 21.0. The minimum atomic E-state index is -0.976. The Morgan fingerprint density at radius 1 is 0.972 bits per heavy atom. The number of ketones is 1. The van der Waals surface area contributed by atoms with Gasteiger partial charge in [0.15, 0.2) is 0 Å². The number of Topliss-reactive ketones (excluding diaryl/α,β-unsaturated/α-hetero) is 1. The molecule has 0 aliphatic carbocycles. The van der Waals surface area contributed by atoms with Crippen LogP contribution in [-0.2, 0) is 14.3 Å². The lowest BCUT2D eigenvalue weighted by Gasteiger charge is -2.22. The van der Waals surface area contributed by atoms with E-state index in [0.29, 0.717) is 22.4 Å². The lowest BCUT2D eigenvalue weighted by atomic mass is 9.94. The third-order valence-corrected chi connectivity index (χ3v) is 6.66. The van der Waals surface area contributed by atoms with Gasteiger partial charge in [0.25, 0.3) is 5.78 Å². The Bertz CT molecular complexity index is 1530. The van der Waals surface area contributed by atoms with Crippen molar-refractivity contribution in [1.29, 1.82) is 0 Å². The smallest absolute Gasteiger partial charge is 0.337 e. The summed E-state index contributed by atoms with van der Waals surface area (Å²) in [4.78, 5) is 39.5. The highest BCUT2D eigenvalue weighted by molar-refractivity contribution is 7.13. The van der Waals surface area contributed by atoms with Crippen LogP contribution in [0, 0.1) is 0 Å². The highest BCUT2D eigenvalue weighted by Gasteiger charge is 2.48. The van der Waals surface area contributed by atoms with Gasteiger partial charge in [0.2, 0.25) is 5.13 Å². The molecular weight excluding hydrogens is 482 g/mol. The molecule has 9 nitrogen and oxygen atoms in total. The van der Waals surface area contributed by atoms with Crippen molar-refractivity contribution >= 4 is 50.7 Å². The molecular formula is C26H19N3O6S. The lowest BCUT2D eigenvalue weighted by Crippen LogP contribution is -2.29. The second-order valence-electron chi connectivity index (χ2n) is 7.93. The SMILES string of the molecule is COC(=O)c1ccc(C2/C(=C(\O)c3ccc4cc(OC)ccc4c3)C(=O)C(=O)N2c2nncs2)cc1. The normalized spacial score (nSPS) is 16.9. The van der Waals surface area contributed by atoms with Gasteiger partial charge in [-0.25, -0.2) is 4.79 Å². The number of aromatic nitrogens is 2. The fourth-order valence-electron chi connectivity index (χ4n) is 4.19. The molecule has 1 aliphatic heterocycles. The molecule has 5 rings (SSSR count). The van der Waals surface area contributed by atoms with Crippen molar-refractivity contribution in [2.45, 2.75) is 6.04 Å². The number of anilines is 1. The molecule has 1 aliphatic rings. The summed E-state index contributed by atoms with van der Waals surface area (Å²) in [5.41, 5.74) is 2.54. The van der Waals surface area contributed by atoms with Crippen LogP contribution in [-0.4, -0.2) is 47.2 Å². The predicted octanol–water partition coefficient (Wildman–Crippen LogP) is 4.11. The number of methoxy groups -OCH3 is 2. The number of carbonyl (C=O) groups is 3. The molecule has 0 bridgehead atoms. The maximum Gasteiger partial charge on any atom is 0.337 e. The summed E-state index contributed by atoms with van der Waals surface area (Å²) in [6.07, 6.45) is 0. The second kappa shape index (κ2) is 9.23. The summed E-state index contributed by atoms with van der Waals surface area (Å²) in [5.74, 6) is -1.83. The van der Waals surface area contributed by atoms with Crippen molar-refractivity contribution in [3.8, 4) is 5.75 Å². The molecule has 1 atom stereocenters. The number of rotatable bonds is 5. The molecule has 1 fully saturated rings. The molecule has 10 heteroatoms. The molecule has 36 heavy (non-hydrogen) atoms. The third-order valence-electron chi connectivity index (χ3n) is 5.97. The van der Waals surface area contributed by atoms with Gasteiger partial charge in [-0.15, -0.1) is 10.2 Å². The van der Waals surface area contributed by atoms with Gasteiger partial charge in [0.1, 0.15) is 17.0 Å². The zero-order valence-electron chi connectivity index (χ0n) is 19.2. The summed E-state index contributed by atoms with van der Waals surface area (Å²) < 4.78 is 10.0. The minimum absolute atomic E-state index is 0.0890. The van der Waals surface area contributed by atoms with E-state index in [1.165, 1.54) is 29.7 Å². The van der Waals surface area contributed by atoms with Crippen LogP contribution in [0.3, 0.4) is 0 Å². The minimum Gasteiger partial charge on any atom is -0.507 e. The average molecular weight is 502 g/mol. The number of hydrogen-bond acceptors (Lipinski definition) is 9. The Morgan fingerprint density at radius 3 is 2.33 bits per heavy atom. The number of aliphatic hydroxyl groups excluding tert-OH is 1. The highest BCUT2D eigenvalue weighted by atomic mass is 32.1. The molecule has 1 unspecified atom stereocenters. The number of nitrogens with zero attached hydrogens (tertiary/aromatic N) is 3. The summed E-state index contributed by atoms with van der Waals surface area (Å²) in [7, 11) is 2.86. The number of ether oxygens (including phenoxy) is 2. The van der Waals surface area contributed by atoms with Gasteiger partial charge >= 0.3 is 11.9 Å². The van der Waals surface area contributed by atoms with E-state index >= 15 is 0 Å². The fraction of sp³-hybridized carbons (Fsp3) is 0.115. The Balaban J connectivity index is 1.67. The van der Waals surface area contributed by atoms with Crippen molar-refractivity contribution in [3.63, 3.8) is 0 Å². The molecule has 1 amide bonds. The first-order valence-electron chi connectivity index (χ1n) is 10.8. The zero-order chi connectivity index (χ0) is 25.4. The Morgan fingerprint density at radius 2 is 1.67 bits per heavy atom. The van der Waals surface area contributed by atoms with Crippen LogP contribution in [0.15, 0.2) is 71.7 Å². The van der Waals surface area contributed by atoms with Gasteiger partial charge in [-0.05, 0) is 46.7 Å². The number of benzene rings is 3. The summed E-state index contributed by atoms with van der Waals surface area (Å²) >= 11 is 1.09. The van der Waals surface area contributed by atoms with Crippen LogP contribution in [0.5, 0.6) is 5.75 Å². The number of amides is 1. The van der Waals surface area contributed by atoms with Crippen LogP contribution in [0.4, 0.5) is 5.13 Å². The van der Waals surface area contributed by atoms with E-state index in [2.05, 4.69) is 10.2 Å². The molecule has 2 heterocycles. The predicted molar refractivity (Wildman–Crippen MR) is 133 cm³/mol. The molecule has 180 valence electrons. The molecule has 0 radical (unpaired) electrons. The molecule has 0 saturated carbocycles. The van der Waals surface area contributed by atoms with Crippen LogP contribution in [0.1, 0.15) is 27.5 Å². The van der Waals surface area contributed by atoms with Crippen molar-refractivity contribution in [1.82, 2.24) is 10.2 Å². The van der Waals surface area contributed by atoms with Gasteiger partial charge in [0.05, 0.1) is 31.4 Å². The van der Waals surface area contributed by atoms with Gasteiger partial charge in [-0.2, -0.15) is 0 Å². The van der Waals surface area contributed by atoms with Crippen molar-refractivity contribution in [3.05, 3.63) is 88.4 Å². The number of aliphatic hydroxyl groups is 1. The van der Waals surface area contributed by atoms with Crippen molar-refractivity contribution in [2.75, 3.05) is 19.1 Å². The van der Waals surface area contributed by atoms with Crippen molar-refractivity contribution < 1.29 is 29.0 Å². The maximum absolute atomic E-state index is 13.2. The van der Waals surface area contributed by atoms with E-state index < -0.39 is 23.7 Å². The average Bonchev–Trinajstić information content (AvgIpc) is 3.53. The Kier molecular flexibility index (Phi) is 5.95. The van der Waals surface area contributed by atoms with Crippen LogP contribution >= 0.6 is 11.3 Å². The Hall–Kier alpha value is -4.57. The maximum atomic E-state index is 13.2. The standard InChI is InChI=1S/C26H19N3O6S/c1-34-19-10-9-16-11-18(8-7-17(16)12-19)22(30)20-21(14-3-5-15(6-4-14)25(33)35-2)29(24(32)23(20)31)26-28-27-13-36-26/h3-13,21,30H,1-2H3/b22-20+. The molecule has 3 aromatic carbocycles. The quantitative estimate of drug-likeness (QED) is 0.188. The number of hydrogen-bond donors (Lipinski definition) is 1. The summed E-state index contributed by atoms with van der Waals surface area (Å²) in [6.45, 7) is 0. The molecule has 4 aromatic rings. The van der Waals surface area contributed by atoms with E-state index in [4.69, 9.17) is 9.47 Å². The fourth-order valence-corrected chi connectivity index (χ4v) is 4.78. The van der Waals surface area contributed by atoms with Gasteiger partial charge in [0, 0.05) is 5.56 Å². The number of fused-ring (bicyclic) bond motifs is 1. The molecule has 0 spiro atoms. The van der Waals surface area contributed by atoms with E-state index in [1.807, 2.05) is 12.1 Å². The topological polar surface area (TPSA) is 119 Å². The zero-order valence-corrected chi connectivity index (χ0v) is 20.0. The first-order chi connectivity index (χ1) is 17.4. The van der Waals surface area contributed by atoms with Crippen molar-refractivity contribution in [2.24, 2.45) is 0 Å². The van der Waals surface area contributed by atoms with E-state index in [1.54, 1.807) is 43.5 Å². The van der Waals surface area contributed by atoms with Crippen LogP contribution in [0.2, 0.25) is 0 Å². The van der Waals surface area contributed by atoms with E-state index in [9.17, 15) is 19.5 Å². The second-order valence-corrected chi connectivity index (χ2v) is 8.74. The van der Waals surface area contributed by atoms with Crippen LogP contribution < -0.4 is 9.64 Å². The lowest BCUT2D eigenvalue weighted by molar-refractivity contribution is -0.132. The first kappa shape index (κ1) is 23.2. The van der Waals surface area contributed by atoms with E-state index in [0.717, 1.165) is 22.1 Å². The number of carbonyl (C=O) groups excluding carboxylic acids is 3. The Labute approximate surface area is 209 Å². The number of esters is 1. The molecule has 1 aromatic heterocycles. The monoisotopic (exact) mass is 501 g/mol. The van der Waals surface area contributed by atoms with Crippen LogP contribution in [0.25, 0.3) is 16.5 Å². The van der Waals surface area contributed by atoms with Gasteiger partial charge in [-0.3, -0.25) is 14.5 Å². The van der Waals surface area contributed by atoms with Gasteiger partial charge < -0.3 is 14.6 Å². The highest BCUT2D eigenvalue weighted by Crippen LogP contribution is 2.42. The first-order valence-corrected chi connectivity index (χ1v) is 11.6. The summed E-state index contributed by atoms with van der Waals surface area (Å²) in [6, 6.07) is 16.0. The molecule has 1 N–H and O–H groups in total. The third kappa shape index (κ3) is 3.87. The molecule has 1 saturated heterocycles. The van der Waals surface area contributed by atoms with Gasteiger partial charge in [-0.1, -0.05) is 41.7 Å².